The first-order chi connectivity index (χ1) is 13.2. The Morgan fingerprint density at radius 3 is 2.71 bits per heavy atom. The van der Waals surface area contributed by atoms with E-state index < -0.39 is 24.3 Å². The first-order valence-corrected chi connectivity index (χ1v) is 8.17. The van der Waals surface area contributed by atoms with Crippen LogP contribution in [0.5, 0.6) is 5.75 Å². The monoisotopic (exact) mass is 392 g/mol. The molecule has 0 aliphatic heterocycles. The smallest absolute Gasteiger partial charge is 0.416 e. The summed E-state index contributed by atoms with van der Waals surface area (Å²) in [6.45, 7) is 1.00. The highest BCUT2D eigenvalue weighted by atomic mass is 19.4. The molecule has 0 fully saturated rings. The van der Waals surface area contributed by atoms with Gasteiger partial charge in [0.2, 0.25) is 0 Å². The Hall–Kier alpha value is -3.36. The summed E-state index contributed by atoms with van der Waals surface area (Å²) in [5.74, 6) is -0.910. The number of aromatic nitrogens is 2. The van der Waals surface area contributed by atoms with Gasteiger partial charge in [0.25, 0.3) is 5.56 Å². The van der Waals surface area contributed by atoms with E-state index in [0.717, 1.165) is 17.7 Å². The molecular formula is C19H15F3N2O4. The van der Waals surface area contributed by atoms with Crippen LogP contribution >= 0.6 is 0 Å². The standard InChI is InChI=1S/C19H15F3N2O4/c1-12-5-6-16-23-14(8-17(25)24(16)9-12)10-28-18(26)11-27-15-4-2-3-13(7-15)19(20,21)22/h2-9H,10-11H2,1H3. The molecule has 2 aromatic heterocycles. The fourth-order valence-electron chi connectivity index (χ4n) is 2.43. The SMILES string of the molecule is Cc1ccc2nc(COC(=O)COc3cccc(C(F)(F)F)c3)cc(=O)n2c1. The minimum atomic E-state index is -4.51. The number of nitrogens with zero attached hydrogens (tertiary/aromatic N) is 2. The molecule has 3 rings (SSSR count). The molecule has 28 heavy (non-hydrogen) atoms. The van der Waals surface area contributed by atoms with Gasteiger partial charge in [-0.2, -0.15) is 13.2 Å². The second-order valence-corrected chi connectivity index (χ2v) is 6.00. The lowest BCUT2D eigenvalue weighted by Gasteiger charge is -2.10. The predicted molar refractivity (Wildman–Crippen MR) is 92.9 cm³/mol. The van der Waals surface area contributed by atoms with Crippen molar-refractivity contribution in [1.82, 2.24) is 9.38 Å². The van der Waals surface area contributed by atoms with Crippen molar-refractivity contribution in [3.8, 4) is 5.75 Å². The average Bonchev–Trinajstić information content (AvgIpc) is 2.65. The minimum absolute atomic E-state index is 0.107. The van der Waals surface area contributed by atoms with Crippen molar-refractivity contribution in [2.24, 2.45) is 0 Å². The van der Waals surface area contributed by atoms with E-state index in [1.807, 2.05) is 6.92 Å². The van der Waals surface area contributed by atoms with Crippen LogP contribution in [0.15, 0.2) is 53.5 Å². The Bertz CT molecular complexity index is 1080. The highest BCUT2D eigenvalue weighted by Gasteiger charge is 2.30. The van der Waals surface area contributed by atoms with Crippen LogP contribution in [0.1, 0.15) is 16.8 Å². The molecule has 0 saturated carbocycles. The van der Waals surface area contributed by atoms with E-state index >= 15 is 0 Å². The van der Waals surface area contributed by atoms with E-state index in [0.29, 0.717) is 5.65 Å². The minimum Gasteiger partial charge on any atom is -0.482 e. The maximum Gasteiger partial charge on any atom is 0.416 e. The van der Waals surface area contributed by atoms with Gasteiger partial charge in [0.15, 0.2) is 6.61 Å². The van der Waals surface area contributed by atoms with Gasteiger partial charge in [-0.05, 0) is 36.8 Å². The van der Waals surface area contributed by atoms with E-state index in [-0.39, 0.29) is 23.6 Å². The van der Waals surface area contributed by atoms with E-state index in [4.69, 9.17) is 9.47 Å². The van der Waals surface area contributed by atoms with Crippen LogP contribution in [-0.4, -0.2) is 22.0 Å². The summed E-state index contributed by atoms with van der Waals surface area (Å²) in [5, 5.41) is 0. The zero-order valence-electron chi connectivity index (χ0n) is 14.7. The number of hydrogen-bond acceptors (Lipinski definition) is 5. The number of alkyl halides is 3. The maximum atomic E-state index is 12.7. The number of benzene rings is 1. The van der Waals surface area contributed by atoms with Crippen molar-refractivity contribution in [3.05, 3.63) is 75.8 Å². The quantitative estimate of drug-likeness (QED) is 0.624. The highest BCUT2D eigenvalue weighted by Crippen LogP contribution is 2.31. The van der Waals surface area contributed by atoms with Crippen LogP contribution < -0.4 is 10.3 Å². The van der Waals surface area contributed by atoms with E-state index in [1.165, 1.54) is 22.6 Å². The molecule has 0 unspecified atom stereocenters. The molecule has 6 nitrogen and oxygen atoms in total. The maximum absolute atomic E-state index is 12.7. The van der Waals surface area contributed by atoms with Crippen LogP contribution in [0.3, 0.4) is 0 Å². The summed E-state index contributed by atoms with van der Waals surface area (Å²) < 4.78 is 49.4. The number of pyridine rings is 1. The van der Waals surface area contributed by atoms with E-state index in [2.05, 4.69) is 4.98 Å². The zero-order chi connectivity index (χ0) is 20.3. The van der Waals surface area contributed by atoms with Gasteiger partial charge in [-0.25, -0.2) is 9.78 Å². The van der Waals surface area contributed by atoms with Crippen molar-refractivity contribution in [3.63, 3.8) is 0 Å². The molecule has 0 N–H and O–H groups in total. The third-order valence-corrected chi connectivity index (χ3v) is 3.76. The van der Waals surface area contributed by atoms with Crippen LogP contribution in [0.2, 0.25) is 0 Å². The molecule has 2 heterocycles. The first kappa shape index (κ1) is 19.4. The zero-order valence-corrected chi connectivity index (χ0v) is 14.7. The predicted octanol–water partition coefficient (Wildman–Crippen LogP) is 3.14. The van der Waals surface area contributed by atoms with Crippen molar-refractivity contribution >= 4 is 11.6 Å². The van der Waals surface area contributed by atoms with Crippen LogP contribution in [0.4, 0.5) is 13.2 Å². The number of rotatable bonds is 5. The molecule has 0 atom stereocenters. The largest absolute Gasteiger partial charge is 0.482 e. The van der Waals surface area contributed by atoms with Crippen LogP contribution in [-0.2, 0) is 22.3 Å². The summed E-state index contributed by atoms with van der Waals surface area (Å²) in [4.78, 5) is 28.1. The van der Waals surface area contributed by atoms with Crippen molar-refractivity contribution in [1.29, 1.82) is 0 Å². The average molecular weight is 392 g/mol. The lowest BCUT2D eigenvalue weighted by molar-refractivity contribution is -0.147. The van der Waals surface area contributed by atoms with Gasteiger partial charge in [0.1, 0.15) is 18.0 Å². The Morgan fingerprint density at radius 2 is 1.96 bits per heavy atom. The number of ether oxygens (including phenoxy) is 2. The van der Waals surface area contributed by atoms with Gasteiger partial charge in [-0.1, -0.05) is 12.1 Å². The molecule has 0 spiro atoms. The van der Waals surface area contributed by atoms with Gasteiger partial charge in [-0.15, -0.1) is 0 Å². The number of carbonyl (C=O) groups is 1. The van der Waals surface area contributed by atoms with Gasteiger partial charge >= 0.3 is 12.1 Å². The molecule has 146 valence electrons. The van der Waals surface area contributed by atoms with Gasteiger partial charge in [0, 0.05) is 12.3 Å². The number of aryl methyl sites for hydroxylation is 1. The van der Waals surface area contributed by atoms with Crippen LogP contribution in [0.25, 0.3) is 5.65 Å². The fraction of sp³-hybridized carbons (Fsp3) is 0.211. The Balaban J connectivity index is 1.60. The molecule has 0 bridgehead atoms. The summed E-state index contributed by atoms with van der Waals surface area (Å²) in [5.41, 5.74) is 0.349. The lowest BCUT2D eigenvalue weighted by Crippen LogP contribution is -2.19. The molecule has 0 aliphatic carbocycles. The Morgan fingerprint density at radius 1 is 1.18 bits per heavy atom. The molecular weight excluding hydrogens is 377 g/mol. The molecule has 0 radical (unpaired) electrons. The van der Waals surface area contributed by atoms with Crippen molar-refractivity contribution in [2.75, 3.05) is 6.61 Å². The molecule has 1 aromatic carbocycles. The molecule has 9 heteroatoms. The topological polar surface area (TPSA) is 69.9 Å². The number of hydrogen-bond donors (Lipinski definition) is 0. The molecule has 0 amide bonds. The number of halogens is 3. The Kier molecular flexibility index (Phi) is 5.34. The first-order valence-electron chi connectivity index (χ1n) is 8.17. The molecule has 0 saturated heterocycles. The second-order valence-electron chi connectivity index (χ2n) is 6.00. The summed E-state index contributed by atoms with van der Waals surface area (Å²) in [7, 11) is 0. The summed E-state index contributed by atoms with van der Waals surface area (Å²) in [6, 6.07) is 8.87. The third-order valence-electron chi connectivity index (χ3n) is 3.76. The number of fused-ring (bicyclic) bond motifs is 1. The van der Waals surface area contributed by atoms with Crippen molar-refractivity contribution < 1.29 is 27.4 Å². The number of esters is 1. The summed E-state index contributed by atoms with van der Waals surface area (Å²) >= 11 is 0. The lowest BCUT2D eigenvalue weighted by atomic mass is 10.2. The third kappa shape index (κ3) is 4.67. The molecule has 0 aliphatic rings. The second kappa shape index (κ2) is 7.71. The van der Waals surface area contributed by atoms with Gasteiger partial charge < -0.3 is 9.47 Å². The van der Waals surface area contributed by atoms with E-state index in [1.54, 1.807) is 18.3 Å². The molecule has 3 aromatic rings. The van der Waals surface area contributed by atoms with E-state index in [9.17, 15) is 22.8 Å². The van der Waals surface area contributed by atoms with Crippen LogP contribution in [0, 0.1) is 6.92 Å². The summed E-state index contributed by atoms with van der Waals surface area (Å²) in [6.07, 6.45) is -2.86. The fourth-order valence-corrected chi connectivity index (χ4v) is 2.43. The number of carbonyl (C=O) groups excluding carboxylic acids is 1. The van der Waals surface area contributed by atoms with Gasteiger partial charge in [-0.3, -0.25) is 9.20 Å². The van der Waals surface area contributed by atoms with Gasteiger partial charge in [0.05, 0.1) is 11.3 Å². The Labute approximate surface area is 157 Å². The highest BCUT2D eigenvalue weighted by molar-refractivity contribution is 5.71. The normalized spacial score (nSPS) is 11.4. The van der Waals surface area contributed by atoms with Crippen molar-refractivity contribution in [2.45, 2.75) is 19.7 Å².